The number of hydrogen-bond donors (Lipinski definition) is 1. The zero-order valence-electron chi connectivity index (χ0n) is 11.8. The first-order valence-electron chi connectivity index (χ1n) is 6.92. The molecule has 0 aromatic heterocycles. The van der Waals surface area contributed by atoms with Crippen molar-refractivity contribution in [3.63, 3.8) is 0 Å². The van der Waals surface area contributed by atoms with Crippen molar-refractivity contribution < 1.29 is 14.4 Å². The molecule has 1 aliphatic rings. The van der Waals surface area contributed by atoms with Crippen molar-refractivity contribution in [3.8, 4) is 0 Å². The summed E-state index contributed by atoms with van der Waals surface area (Å²) < 4.78 is 0. The third kappa shape index (κ3) is 2.26. The molecule has 2 amide bonds. The summed E-state index contributed by atoms with van der Waals surface area (Å²) >= 11 is 0. The van der Waals surface area contributed by atoms with Crippen molar-refractivity contribution in [1.29, 1.82) is 0 Å². The van der Waals surface area contributed by atoms with Crippen LogP contribution in [0.15, 0.2) is 48.5 Å². The average Bonchev–Trinajstić information content (AvgIpc) is 2.77. The predicted octanol–water partition coefficient (Wildman–Crippen LogP) is 2.14. The number of carbonyl (C=O) groups excluding carboxylic acids is 3. The first-order valence-corrected chi connectivity index (χ1v) is 6.92. The zero-order valence-corrected chi connectivity index (χ0v) is 11.8. The number of ketones is 1. The maximum absolute atomic E-state index is 12.2. The summed E-state index contributed by atoms with van der Waals surface area (Å²) in [5.74, 6) is -0.890. The van der Waals surface area contributed by atoms with E-state index in [0.717, 1.165) is 4.90 Å². The summed E-state index contributed by atoms with van der Waals surface area (Å²) in [5.41, 5.74) is 7.35. The molecule has 0 fully saturated rings. The zero-order chi connectivity index (χ0) is 15.7. The molecule has 0 unspecified atom stereocenters. The molecule has 0 aliphatic carbocycles. The Hall–Kier alpha value is -2.95. The number of anilines is 1. The molecule has 1 heterocycles. The Morgan fingerprint density at radius 1 is 0.909 bits per heavy atom. The minimum absolute atomic E-state index is 0.0551. The van der Waals surface area contributed by atoms with Gasteiger partial charge < -0.3 is 5.73 Å². The van der Waals surface area contributed by atoms with Crippen LogP contribution in [0.4, 0.5) is 5.69 Å². The minimum Gasteiger partial charge on any atom is -0.398 e. The van der Waals surface area contributed by atoms with Gasteiger partial charge in [-0.1, -0.05) is 24.3 Å². The molecule has 0 saturated heterocycles. The number of nitrogen functional groups attached to an aromatic ring is 1. The molecule has 5 heteroatoms. The molecule has 110 valence electrons. The van der Waals surface area contributed by atoms with Gasteiger partial charge in [0.05, 0.1) is 11.1 Å². The molecule has 0 spiro atoms. The molecule has 2 aromatic rings. The van der Waals surface area contributed by atoms with Gasteiger partial charge in [0, 0.05) is 24.2 Å². The first-order chi connectivity index (χ1) is 10.6. The molecule has 0 atom stereocenters. The lowest BCUT2D eigenvalue weighted by Crippen LogP contribution is -2.32. The van der Waals surface area contributed by atoms with Gasteiger partial charge in [0.2, 0.25) is 0 Å². The van der Waals surface area contributed by atoms with Crippen LogP contribution in [0.2, 0.25) is 0 Å². The van der Waals surface area contributed by atoms with E-state index in [2.05, 4.69) is 0 Å². The predicted molar refractivity (Wildman–Crippen MR) is 81.6 cm³/mol. The van der Waals surface area contributed by atoms with Crippen LogP contribution in [-0.4, -0.2) is 29.0 Å². The lowest BCUT2D eigenvalue weighted by molar-refractivity contribution is 0.0649. The summed E-state index contributed by atoms with van der Waals surface area (Å²) in [6.45, 7) is 0.0551. The fourth-order valence-corrected chi connectivity index (χ4v) is 2.54. The van der Waals surface area contributed by atoms with Crippen LogP contribution in [0.25, 0.3) is 0 Å². The highest BCUT2D eigenvalue weighted by Gasteiger charge is 2.35. The number of para-hydroxylation sites is 1. The SMILES string of the molecule is Nc1ccccc1C(=O)CCN1C(=O)c2ccccc2C1=O. The maximum atomic E-state index is 12.2. The summed E-state index contributed by atoms with van der Waals surface area (Å²) in [5, 5.41) is 0. The smallest absolute Gasteiger partial charge is 0.261 e. The van der Waals surface area contributed by atoms with Gasteiger partial charge in [0.25, 0.3) is 11.8 Å². The van der Waals surface area contributed by atoms with E-state index in [9.17, 15) is 14.4 Å². The van der Waals surface area contributed by atoms with Crippen LogP contribution in [0.1, 0.15) is 37.5 Å². The average molecular weight is 294 g/mol. The highest BCUT2D eigenvalue weighted by molar-refractivity contribution is 6.21. The fraction of sp³-hybridized carbons (Fsp3) is 0.118. The number of carbonyl (C=O) groups is 3. The van der Waals surface area contributed by atoms with Gasteiger partial charge in [-0.15, -0.1) is 0 Å². The van der Waals surface area contributed by atoms with E-state index in [1.54, 1.807) is 48.5 Å². The normalized spacial score (nSPS) is 13.4. The van der Waals surface area contributed by atoms with Gasteiger partial charge in [-0.25, -0.2) is 0 Å². The number of rotatable bonds is 4. The Bertz CT molecular complexity index is 748. The Morgan fingerprint density at radius 2 is 1.45 bits per heavy atom. The van der Waals surface area contributed by atoms with Crippen molar-refractivity contribution in [3.05, 3.63) is 65.2 Å². The van der Waals surface area contributed by atoms with Crippen LogP contribution in [0.5, 0.6) is 0 Å². The topological polar surface area (TPSA) is 80.5 Å². The van der Waals surface area contributed by atoms with E-state index in [4.69, 9.17) is 5.73 Å². The van der Waals surface area contributed by atoms with E-state index in [-0.39, 0.29) is 30.6 Å². The summed E-state index contributed by atoms with van der Waals surface area (Å²) in [6, 6.07) is 13.4. The lowest BCUT2D eigenvalue weighted by Gasteiger charge is -2.13. The van der Waals surface area contributed by atoms with Crippen LogP contribution in [0, 0.1) is 0 Å². The second kappa shape index (κ2) is 5.44. The highest BCUT2D eigenvalue weighted by Crippen LogP contribution is 2.23. The number of amides is 2. The molecular weight excluding hydrogens is 280 g/mol. The lowest BCUT2D eigenvalue weighted by atomic mass is 10.1. The summed E-state index contributed by atoms with van der Waals surface area (Å²) in [7, 11) is 0. The van der Waals surface area contributed by atoms with Crippen molar-refractivity contribution in [2.45, 2.75) is 6.42 Å². The van der Waals surface area contributed by atoms with E-state index in [1.807, 2.05) is 0 Å². The van der Waals surface area contributed by atoms with Crippen LogP contribution < -0.4 is 5.73 Å². The van der Waals surface area contributed by atoms with Crippen molar-refractivity contribution in [2.24, 2.45) is 0 Å². The standard InChI is InChI=1S/C17H14N2O3/c18-14-8-4-3-7-13(14)15(20)9-10-19-16(21)11-5-1-2-6-12(11)17(19)22/h1-8H,9-10,18H2. The van der Waals surface area contributed by atoms with Gasteiger partial charge in [0.1, 0.15) is 0 Å². The molecule has 0 bridgehead atoms. The van der Waals surface area contributed by atoms with E-state index in [0.29, 0.717) is 22.4 Å². The second-order valence-electron chi connectivity index (χ2n) is 5.07. The molecule has 0 radical (unpaired) electrons. The molecule has 1 aliphatic heterocycles. The van der Waals surface area contributed by atoms with Crippen LogP contribution in [0.3, 0.4) is 0 Å². The van der Waals surface area contributed by atoms with Crippen LogP contribution >= 0.6 is 0 Å². The quantitative estimate of drug-likeness (QED) is 0.532. The highest BCUT2D eigenvalue weighted by atomic mass is 16.2. The number of nitrogens with two attached hydrogens (primary N) is 1. The van der Waals surface area contributed by atoms with Crippen molar-refractivity contribution in [2.75, 3.05) is 12.3 Å². The van der Waals surface area contributed by atoms with Gasteiger partial charge in [0.15, 0.2) is 5.78 Å². The van der Waals surface area contributed by atoms with E-state index in [1.165, 1.54) is 0 Å². The summed E-state index contributed by atoms with van der Waals surface area (Å²) in [6.07, 6.45) is 0.0552. The Labute approximate surface area is 127 Å². The van der Waals surface area contributed by atoms with Crippen molar-refractivity contribution in [1.82, 2.24) is 4.90 Å². The third-order valence-corrected chi connectivity index (χ3v) is 3.70. The fourth-order valence-electron chi connectivity index (χ4n) is 2.54. The molecule has 22 heavy (non-hydrogen) atoms. The van der Waals surface area contributed by atoms with Gasteiger partial charge >= 0.3 is 0 Å². The Morgan fingerprint density at radius 3 is 2.05 bits per heavy atom. The monoisotopic (exact) mass is 294 g/mol. The summed E-state index contributed by atoms with van der Waals surface area (Å²) in [4.78, 5) is 37.7. The number of Topliss-reactive ketones (excluding diaryl/α,β-unsaturated/α-hetero) is 1. The Kier molecular flexibility index (Phi) is 3.47. The molecule has 2 aromatic carbocycles. The number of fused-ring (bicyclic) bond motifs is 1. The maximum Gasteiger partial charge on any atom is 0.261 e. The molecule has 5 nitrogen and oxygen atoms in total. The van der Waals surface area contributed by atoms with Crippen LogP contribution in [-0.2, 0) is 0 Å². The molecule has 0 saturated carbocycles. The van der Waals surface area contributed by atoms with E-state index < -0.39 is 0 Å². The second-order valence-corrected chi connectivity index (χ2v) is 5.07. The van der Waals surface area contributed by atoms with Gasteiger partial charge in [-0.2, -0.15) is 0 Å². The van der Waals surface area contributed by atoms with Gasteiger partial charge in [-0.3, -0.25) is 19.3 Å². The van der Waals surface area contributed by atoms with E-state index >= 15 is 0 Å². The van der Waals surface area contributed by atoms with Crippen molar-refractivity contribution >= 4 is 23.3 Å². The first kappa shape index (κ1) is 14.0. The Balaban J connectivity index is 1.73. The minimum atomic E-state index is -0.352. The third-order valence-electron chi connectivity index (χ3n) is 3.70. The molecular formula is C17H14N2O3. The number of hydrogen-bond acceptors (Lipinski definition) is 4. The molecule has 2 N–H and O–H groups in total. The number of imide groups is 1. The number of benzene rings is 2. The molecule has 3 rings (SSSR count). The largest absolute Gasteiger partial charge is 0.398 e. The number of nitrogens with zero attached hydrogens (tertiary/aromatic N) is 1. The van der Waals surface area contributed by atoms with Gasteiger partial charge in [-0.05, 0) is 24.3 Å².